The number of hydrogen-bond acceptors (Lipinski definition) is 5. The predicted octanol–water partition coefficient (Wildman–Crippen LogP) is -0.292. The van der Waals surface area contributed by atoms with Gasteiger partial charge < -0.3 is 14.4 Å². The number of aliphatic hydroxyl groups excluding tert-OH is 1. The van der Waals surface area contributed by atoms with E-state index in [-0.39, 0.29) is 19.6 Å². The number of ether oxygens (including phenoxy) is 1. The molecule has 2 unspecified atom stereocenters. The van der Waals surface area contributed by atoms with Crippen molar-refractivity contribution in [3.8, 4) is 0 Å². The van der Waals surface area contributed by atoms with Crippen molar-refractivity contribution < 1.29 is 22.8 Å². The summed E-state index contributed by atoms with van der Waals surface area (Å²) in [4.78, 5) is 0. The quantitative estimate of drug-likeness (QED) is 0.343. The lowest BCUT2D eigenvalue weighted by atomic mass is 10.4. The lowest BCUT2D eigenvalue weighted by Crippen LogP contribution is -2.20. The van der Waals surface area contributed by atoms with E-state index < -0.39 is 17.7 Å². The highest BCUT2D eigenvalue weighted by molar-refractivity contribution is 7.74. The fourth-order valence-corrected chi connectivity index (χ4v) is 0.855. The topological polar surface area (TPSA) is 78.8 Å². The van der Waals surface area contributed by atoms with Crippen LogP contribution in [0.25, 0.3) is 0 Å². The van der Waals surface area contributed by atoms with Crippen LogP contribution in [0.4, 0.5) is 0 Å². The van der Waals surface area contributed by atoms with Crippen LogP contribution >= 0.6 is 0 Å². The third-order valence-electron chi connectivity index (χ3n) is 0.951. The van der Waals surface area contributed by atoms with Crippen molar-refractivity contribution in [3.63, 3.8) is 0 Å². The van der Waals surface area contributed by atoms with Crippen LogP contribution in [0.3, 0.4) is 0 Å². The van der Waals surface area contributed by atoms with Gasteiger partial charge in [0.2, 0.25) is 0 Å². The zero-order valence-corrected chi connectivity index (χ0v) is 7.29. The van der Waals surface area contributed by atoms with Crippen molar-refractivity contribution in [2.45, 2.75) is 12.7 Å². The second-order valence-electron chi connectivity index (χ2n) is 1.86. The third kappa shape index (κ3) is 6.44. The van der Waals surface area contributed by atoms with Crippen LogP contribution in [0.15, 0.2) is 12.7 Å². The second-order valence-corrected chi connectivity index (χ2v) is 2.46. The van der Waals surface area contributed by atoms with Gasteiger partial charge >= 0.3 is 0 Å². The summed E-state index contributed by atoms with van der Waals surface area (Å²) in [5, 5.41) is 8.46. The summed E-state index contributed by atoms with van der Waals surface area (Å²) < 4.78 is 29.2. The van der Waals surface area contributed by atoms with Gasteiger partial charge in [-0.05, 0) is 0 Å². The summed E-state index contributed by atoms with van der Waals surface area (Å²) in [6.45, 7) is 3.36. The van der Waals surface area contributed by atoms with Gasteiger partial charge in [0, 0.05) is 13.0 Å². The Morgan fingerprint density at radius 2 is 2.42 bits per heavy atom. The number of rotatable bonds is 7. The molecule has 6 heteroatoms. The van der Waals surface area contributed by atoms with E-state index in [0.717, 1.165) is 0 Å². The number of hydrogen-bond donors (Lipinski definition) is 1. The van der Waals surface area contributed by atoms with E-state index in [9.17, 15) is 8.76 Å². The monoisotopic (exact) mass is 195 g/mol. The molecule has 0 saturated carbocycles. The van der Waals surface area contributed by atoms with Crippen LogP contribution in [-0.2, 0) is 20.3 Å². The van der Waals surface area contributed by atoms with E-state index >= 15 is 0 Å². The summed E-state index contributed by atoms with van der Waals surface area (Å²) >= 11 is -2.62. The summed E-state index contributed by atoms with van der Waals surface area (Å²) in [5.74, 6) is 0. The molecule has 5 nitrogen and oxygen atoms in total. The molecular weight excluding hydrogens is 184 g/mol. The minimum absolute atomic E-state index is 0.113. The summed E-state index contributed by atoms with van der Waals surface area (Å²) in [7, 11) is 0. The van der Waals surface area contributed by atoms with E-state index in [0.29, 0.717) is 0 Å². The maximum absolute atomic E-state index is 10.0. The standard InChI is InChI=1S/C6H12O5S/c1-2-5-10-6(3-4-7)11-12(8)9/h2,6-7H,1,3-5H2,(H,8,9)/p-1. The van der Waals surface area contributed by atoms with Crippen LogP contribution < -0.4 is 0 Å². The molecule has 2 atom stereocenters. The first-order chi connectivity index (χ1) is 5.70. The average molecular weight is 195 g/mol. The summed E-state index contributed by atoms with van der Waals surface area (Å²) in [5.41, 5.74) is 0. The van der Waals surface area contributed by atoms with E-state index in [1.54, 1.807) is 0 Å². The first-order valence-electron chi connectivity index (χ1n) is 3.30. The molecule has 0 bridgehead atoms. The molecule has 72 valence electrons. The lowest BCUT2D eigenvalue weighted by molar-refractivity contribution is -0.0774. The molecule has 0 amide bonds. The third-order valence-corrected chi connectivity index (χ3v) is 1.32. The van der Waals surface area contributed by atoms with Gasteiger partial charge in [-0.15, -0.1) is 6.58 Å². The molecule has 0 fully saturated rings. The molecule has 0 aromatic carbocycles. The van der Waals surface area contributed by atoms with Gasteiger partial charge in [-0.1, -0.05) is 6.08 Å². The van der Waals surface area contributed by atoms with Gasteiger partial charge in [-0.3, -0.25) is 4.18 Å². The maximum atomic E-state index is 10.0. The zero-order chi connectivity index (χ0) is 9.40. The Kier molecular flexibility index (Phi) is 7.22. The molecule has 0 radical (unpaired) electrons. The minimum Gasteiger partial charge on any atom is -0.750 e. The van der Waals surface area contributed by atoms with Gasteiger partial charge in [-0.25, -0.2) is 4.21 Å². The van der Waals surface area contributed by atoms with Gasteiger partial charge in [0.05, 0.1) is 18.0 Å². The van der Waals surface area contributed by atoms with Crippen LogP contribution in [0.2, 0.25) is 0 Å². The molecule has 0 spiro atoms. The van der Waals surface area contributed by atoms with Crippen molar-refractivity contribution in [1.29, 1.82) is 0 Å². The predicted molar refractivity (Wildman–Crippen MR) is 41.6 cm³/mol. The summed E-state index contributed by atoms with van der Waals surface area (Å²) in [6, 6.07) is 0. The molecular formula is C6H11O5S-. The van der Waals surface area contributed by atoms with Crippen LogP contribution in [0, 0.1) is 0 Å². The zero-order valence-electron chi connectivity index (χ0n) is 6.47. The highest BCUT2D eigenvalue weighted by atomic mass is 32.2. The lowest BCUT2D eigenvalue weighted by Gasteiger charge is -2.16. The molecule has 0 rings (SSSR count). The number of aliphatic hydroxyl groups is 1. The van der Waals surface area contributed by atoms with Crippen LogP contribution in [-0.4, -0.2) is 33.4 Å². The Labute approximate surface area is 73.5 Å². The van der Waals surface area contributed by atoms with Gasteiger partial charge in [-0.2, -0.15) is 0 Å². The molecule has 12 heavy (non-hydrogen) atoms. The SMILES string of the molecule is C=CCOC(CCO)OS(=O)[O-]. The Hall–Kier alpha value is -0.270. The van der Waals surface area contributed by atoms with Crippen LogP contribution in [0.1, 0.15) is 6.42 Å². The Bertz CT molecular complexity index is 149. The van der Waals surface area contributed by atoms with Crippen molar-refractivity contribution in [2.75, 3.05) is 13.2 Å². The molecule has 0 saturated heterocycles. The largest absolute Gasteiger partial charge is 0.750 e. The molecule has 0 aliphatic heterocycles. The molecule has 0 aromatic heterocycles. The Balaban J connectivity index is 3.68. The van der Waals surface area contributed by atoms with Crippen molar-refractivity contribution in [1.82, 2.24) is 0 Å². The van der Waals surface area contributed by atoms with Crippen molar-refractivity contribution in [3.05, 3.63) is 12.7 Å². The van der Waals surface area contributed by atoms with E-state index in [1.165, 1.54) is 6.08 Å². The fraction of sp³-hybridized carbons (Fsp3) is 0.667. The molecule has 0 heterocycles. The molecule has 0 aliphatic carbocycles. The van der Waals surface area contributed by atoms with Crippen molar-refractivity contribution in [2.24, 2.45) is 0 Å². The van der Waals surface area contributed by atoms with Crippen molar-refractivity contribution >= 4 is 11.4 Å². The van der Waals surface area contributed by atoms with Crippen LogP contribution in [0.5, 0.6) is 0 Å². The second kappa shape index (κ2) is 7.38. The maximum Gasteiger partial charge on any atom is 0.174 e. The smallest absolute Gasteiger partial charge is 0.174 e. The Morgan fingerprint density at radius 3 is 2.83 bits per heavy atom. The van der Waals surface area contributed by atoms with Gasteiger partial charge in [0.25, 0.3) is 0 Å². The highest BCUT2D eigenvalue weighted by Crippen LogP contribution is 2.01. The highest BCUT2D eigenvalue weighted by Gasteiger charge is 2.07. The van der Waals surface area contributed by atoms with E-state index in [4.69, 9.17) is 9.84 Å². The first kappa shape index (κ1) is 11.7. The average Bonchev–Trinajstić information content (AvgIpc) is 2.00. The van der Waals surface area contributed by atoms with Gasteiger partial charge in [0.1, 0.15) is 0 Å². The fourth-order valence-electron chi connectivity index (χ4n) is 0.528. The van der Waals surface area contributed by atoms with E-state index in [2.05, 4.69) is 10.8 Å². The molecule has 0 aromatic rings. The van der Waals surface area contributed by atoms with Gasteiger partial charge in [0.15, 0.2) is 6.29 Å². The molecule has 1 N–H and O–H groups in total. The molecule has 0 aliphatic rings. The van der Waals surface area contributed by atoms with E-state index in [1.807, 2.05) is 0 Å². The normalized spacial score (nSPS) is 15.5. The Morgan fingerprint density at radius 1 is 1.75 bits per heavy atom. The summed E-state index contributed by atoms with van der Waals surface area (Å²) in [6.07, 6.45) is 0.648. The minimum atomic E-state index is -2.62. The first-order valence-corrected chi connectivity index (χ1v) is 4.30.